The van der Waals surface area contributed by atoms with Gasteiger partial charge in [0.25, 0.3) is 0 Å². The van der Waals surface area contributed by atoms with Crippen LogP contribution in [-0.4, -0.2) is 19.5 Å². The van der Waals surface area contributed by atoms with Crippen LogP contribution in [0.5, 0.6) is 0 Å². The van der Waals surface area contributed by atoms with Gasteiger partial charge in [0.05, 0.1) is 0 Å². The van der Waals surface area contributed by atoms with Crippen LogP contribution in [0.15, 0.2) is 0 Å². The summed E-state index contributed by atoms with van der Waals surface area (Å²) in [7, 11) is 1.67. The van der Waals surface area contributed by atoms with Crippen molar-refractivity contribution < 1.29 is 4.79 Å². The SMILES string of the molecule is CNC(=O)CCCCCCN. The van der Waals surface area contributed by atoms with Crippen molar-refractivity contribution in [2.45, 2.75) is 32.1 Å². The molecular formula is C8H18N2O. The minimum Gasteiger partial charge on any atom is -0.359 e. The van der Waals surface area contributed by atoms with Gasteiger partial charge in [-0.1, -0.05) is 12.8 Å². The molecule has 0 saturated carbocycles. The average Bonchev–Trinajstić information content (AvgIpc) is 2.04. The van der Waals surface area contributed by atoms with E-state index in [0.29, 0.717) is 6.42 Å². The zero-order valence-corrected chi connectivity index (χ0v) is 7.23. The van der Waals surface area contributed by atoms with Gasteiger partial charge in [0.1, 0.15) is 0 Å². The van der Waals surface area contributed by atoms with Gasteiger partial charge in [0.2, 0.25) is 5.91 Å². The molecule has 0 aliphatic carbocycles. The van der Waals surface area contributed by atoms with E-state index in [1.165, 1.54) is 0 Å². The first-order valence-corrected chi connectivity index (χ1v) is 4.22. The molecule has 0 spiro atoms. The maximum Gasteiger partial charge on any atom is 0.219 e. The number of amides is 1. The highest BCUT2D eigenvalue weighted by Crippen LogP contribution is 2.01. The number of nitrogens with two attached hydrogens (primary N) is 1. The lowest BCUT2D eigenvalue weighted by Crippen LogP contribution is -2.16. The predicted molar refractivity (Wildman–Crippen MR) is 46.2 cm³/mol. The first kappa shape index (κ1) is 10.4. The van der Waals surface area contributed by atoms with Crippen molar-refractivity contribution in [1.29, 1.82) is 0 Å². The lowest BCUT2D eigenvalue weighted by atomic mass is 10.1. The summed E-state index contributed by atoms with van der Waals surface area (Å²) in [5.74, 6) is 0.137. The molecule has 3 heteroatoms. The smallest absolute Gasteiger partial charge is 0.219 e. The van der Waals surface area contributed by atoms with Crippen LogP contribution in [0.25, 0.3) is 0 Å². The largest absolute Gasteiger partial charge is 0.359 e. The van der Waals surface area contributed by atoms with Gasteiger partial charge in [0.15, 0.2) is 0 Å². The summed E-state index contributed by atoms with van der Waals surface area (Å²) in [6.07, 6.45) is 4.98. The van der Waals surface area contributed by atoms with E-state index in [9.17, 15) is 4.79 Å². The van der Waals surface area contributed by atoms with Gasteiger partial charge in [-0.25, -0.2) is 0 Å². The maximum atomic E-state index is 10.7. The monoisotopic (exact) mass is 158 g/mol. The Kier molecular flexibility index (Phi) is 7.15. The van der Waals surface area contributed by atoms with Crippen molar-refractivity contribution in [3.8, 4) is 0 Å². The Morgan fingerprint density at radius 2 is 1.91 bits per heavy atom. The Morgan fingerprint density at radius 1 is 1.27 bits per heavy atom. The summed E-state index contributed by atoms with van der Waals surface area (Å²) in [4.78, 5) is 10.7. The summed E-state index contributed by atoms with van der Waals surface area (Å²) in [6.45, 7) is 0.764. The average molecular weight is 158 g/mol. The lowest BCUT2D eigenvalue weighted by molar-refractivity contribution is -0.120. The van der Waals surface area contributed by atoms with E-state index >= 15 is 0 Å². The molecule has 0 fully saturated rings. The van der Waals surface area contributed by atoms with Crippen molar-refractivity contribution >= 4 is 5.91 Å². The van der Waals surface area contributed by atoms with Crippen molar-refractivity contribution in [3.05, 3.63) is 0 Å². The van der Waals surface area contributed by atoms with Gasteiger partial charge in [-0.2, -0.15) is 0 Å². The molecule has 3 N–H and O–H groups in total. The summed E-state index contributed by atoms with van der Waals surface area (Å²) >= 11 is 0. The molecule has 66 valence electrons. The molecule has 0 rings (SSSR count). The number of carbonyl (C=O) groups excluding carboxylic acids is 1. The molecule has 0 saturated heterocycles. The lowest BCUT2D eigenvalue weighted by Gasteiger charge is -1.98. The number of nitrogens with one attached hydrogen (secondary N) is 1. The van der Waals surface area contributed by atoms with Crippen LogP contribution in [0.1, 0.15) is 32.1 Å². The highest BCUT2D eigenvalue weighted by atomic mass is 16.1. The number of rotatable bonds is 6. The van der Waals surface area contributed by atoms with Crippen molar-refractivity contribution in [2.24, 2.45) is 5.73 Å². The molecule has 0 aromatic rings. The van der Waals surface area contributed by atoms with E-state index in [2.05, 4.69) is 5.32 Å². The zero-order valence-electron chi connectivity index (χ0n) is 7.23. The maximum absolute atomic E-state index is 10.7. The Hall–Kier alpha value is -0.570. The Morgan fingerprint density at radius 3 is 2.45 bits per heavy atom. The molecule has 0 aliphatic rings. The topological polar surface area (TPSA) is 55.1 Å². The molecule has 0 aromatic carbocycles. The van der Waals surface area contributed by atoms with Gasteiger partial charge < -0.3 is 11.1 Å². The number of hydrogen-bond acceptors (Lipinski definition) is 2. The highest BCUT2D eigenvalue weighted by molar-refractivity contribution is 5.75. The van der Waals surface area contributed by atoms with Crippen LogP contribution in [0.2, 0.25) is 0 Å². The molecule has 0 atom stereocenters. The van der Waals surface area contributed by atoms with Crippen LogP contribution in [0, 0.1) is 0 Å². The molecule has 0 unspecified atom stereocenters. The van der Waals surface area contributed by atoms with Gasteiger partial charge in [-0.05, 0) is 19.4 Å². The van der Waals surface area contributed by atoms with Crippen molar-refractivity contribution in [2.75, 3.05) is 13.6 Å². The van der Waals surface area contributed by atoms with Gasteiger partial charge in [0, 0.05) is 13.5 Å². The Labute approximate surface area is 68.3 Å². The molecule has 3 nitrogen and oxygen atoms in total. The highest BCUT2D eigenvalue weighted by Gasteiger charge is 1.95. The molecule has 1 amide bonds. The predicted octanol–water partition coefficient (Wildman–Crippen LogP) is 0.642. The van der Waals surface area contributed by atoms with E-state index in [4.69, 9.17) is 5.73 Å². The molecule has 0 aromatic heterocycles. The first-order chi connectivity index (χ1) is 5.31. The third-order valence-corrected chi connectivity index (χ3v) is 1.64. The third kappa shape index (κ3) is 7.33. The van der Waals surface area contributed by atoms with E-state index in [0.717, 1.165) is 32.2 Å². The molecular weight excluding hydrogens is 140 g/mol. The van der Waals surface area contributed by atoms with Gasteiger partial charge in [-0.3, -0.25) is 4.79 Å². The van der Waals surface area contributed by atoms with Crippen molar-refractivity contribution in [3.63, 3.8) is 0 Å². The summed E-state index contributed by atoms with van der Waals surface area (Å²) in [5.41, 5.74) is 5.32. The number of hydrogen-bond donors (Lipinski definition) is 2. The van der Waals surface area contributed by atoms with Crippen LogP contribution in [-0.2, 0) is 4.79 Å². The standard InChI is InChI=1S/C8H18N2O/c1-10-8(11)6-4-2-3-5-7-9/h2-7,9H2,1H3,(H,10,11). The zero-order chi connectivity index (χ0) is 8.53. The quantitative estimate of drug-likeness (QED) is 0.557. The summed E-state index contributed by atoms with van der Waals surface area (Å²) in [6, 6.07) is 0. The van der Waals surface area contributed by atoms with Crippen LogP contribution in [0.3, 0.4) is 0 Å². The molecule has 0 aliphatic heterocycles. The van der Waals surface area contributed by atoms with Gasteiger partial charge >= 0.3 is 0 Å². The molecule has 0 bridgehead atoms. The van der Waals surface area contributed by atoms with Crippen molar-refractivity contribution in [1.82, 2.24) is 5.32 Å². The molecule has 0 heterocycles. The van der Waals surface area contributed by atoms with E-state index in [1.807, 2.05) is 0 Å². The summed E-state index contributed by atoms with van der Waals surface area (Å²) < 4.78 is 0. The molecule has 11 heavy (non-hydrogen) atoms. The third-order valence-electron chi connectivity index (χ3n) is 1.64. The van der Waals surface area contributed by atoms with Crippen LogP contribution in [0.4, 0.5) is 0 Å². The molecule has 0 radical (unpaired) electrons. The fourth-order valence-electron chi connectivity index (χ4n) is 0.908. The summed E-state index contributed by atoms with van der Waals surface area (Å²) in [5, 5.41) is 2.59. The van der Waals surface area contributed by atoms with Crippen LogP contribution < -0.4 is 11.1 Å². The minimum atomic E-state index is 0.137. The normalized spacial score (nSPS) is 9.64. The first-order valence-electron chi connectivity index (χ1n) is 4.22. The number of carbonyl (C=O) groups is 1. The fraction of sp³-hybridized carbons (Fsp3) is 0.875. The van der Waals surface area contributed by atoms with Gasteiger partial charge in [-0.15, -0.1) is 0 Å². The Balaban J connectivity index is 2.95. The van der Waals surface area contributed by atoms with Crippen LogP contribution >= 0.6 is 0 Å². The van der Waals surface area contributed by atoms with E-state index < -0.39 is 0 Å². The van der Waals surface area contributed by atoms with E-state index in [-0.39, 0.29) is 5.91 Å². The second-order valence-corrected chi connectivity index (χ2v) is 2.63. The number of unbranched alkanes of at least 4 members (excludes halogenated alkanes) is 3. The minimum absolute atomic E-state index is 0.137. The van der Waals surface area contributed by atoms with E-state index in [1.54, 1.807) is 7.05 Å². The second-order valence-electron chi connectivity index (χ2n) is 2.63. The fourth-order valence-corrected chi connectivity index (χ4v) is 0.908. The Bertz CT molecular complexity index is 104. The second kappa shape index (κ2) is 7.54.